The fraction of sp³-hybridized carbons (Fsp3) is 0.350. The van der Waals surface area contributed by atoms with Crippen molar-refractivity contribution in [3.8, 4) is 5.75 Å². The summed E-state index contributed by atoms with van der Waals surface area (Å²) in [6.45, 7) is 2.63. The summed E-state index contributed by atoms with van der Waals surface area (Å²) in [5, 5.41) is 14.9. The number of anilines is 1. The van der Waals surface area contributed by atoms with Gasteiger partial charge in [0.15, 0.2) is 11.0 Å². The average Bonchev–Trinajstić information content (AvgIpc) is 3.22. The van der Waals surface area contributed by atoms with E-state index in [1.165, 1.54) is 30.2 Å². The summed E-state index contributed by atoms with van der Waals surface area (Å²) in [6, 6.07) is 6.18. The van der Waals surface area contributed by atoms with Crippen LogP contribution in [-0.4, -0.2) is 59.0 Å². The molecule has 0 spiro atoms. The Hall–Kier alpha value is -3.28. The van der Waals surface area contributed by atoms with E-state index in [0.29, 0.717) is 15.8 Å². The number of benzene rings is 1. The van der Waals surface area contributed by atoms with E-state index in [1.807, 2.05) is 0 Å². The lowest BCUT2D eigenvalue weighted by Crippen LogP contribution is -2.34. The Bertz CT molecular complexity index is 962. The van der Waals surface area contributed by atoms with E-state index in [9.17, 15) is 13.6 Å². The number of thioether (sulfide) groups is 1. The Morgan fingerprint density at radius 3 is 3.03 bits per heavy atom. The number of halogens is 2. The van der Waals surface area contributed by atoms with Crippen molar-refractivity contribution in [1.29, 1.82) is 0 Å². The van der Waals surface area contributed by atoms with Crippen molar-refractivity contribution in [3.05, 3.63) is 54.0 Å². The number of nitrogens with zero attached hydrogens (tertiary/aromatic N) is 5. The third-order valence-electron chi connectivity index (χ3n) is 4.50. The Kier molecular flexibility index (Phi) is 8.31. The molecule has 1 aliphatic heterocycles. The number of amides is 1. The average molecular weight is 464 g/mol. The van der Waals surface area contributed by atoms with Crippen LogP contribution >= 0.6 is 11.8 Å². The summed E-state index contributed by atoms with van der Waals surface area (Å²) in [5.41, 5.74) is 0.544. The van der Waals surface area contributed by atoms with E-state index in [-0.39, 0.29) is 24.1 Å². The SMILES string of the molecule is C=C(NC1CCN(c2cncnn2)C1)SC(=NC)NC(=O)Cc1cccc(OC(F)F)c1. The number of ether oxygens (including phenoxy) is 1. The predicted octanol–water partition coefficient (Wildman–Crippen LogP) is 2.19. The van der Waals surface area contributed by atoms with Gasteiger partial charge in [0, 0.05) is 26.2 Å². The number of alkyl halides is 2. The van der Waals surface area contributed by atoms with Crippen molar-refractivity contribution in [3.63, 3.8) is 0 Å². The lowest BCUT2D eigenvalue weighted by molar-refractivity contribution is -0.119. The molecule has 2 heterocycles. The molecule has 3 rings (SSSR count). The molecule has 1 unspecified atom stereocenters. The highest BCUT2D eigenvalue weighted by molar-refractivity contribution is 8.17. The summed E-state index contributed by atoms with van der Waals surface area (Å²) < 4.78 is 29.1. The largest absolute Gasteiger partial charge is 0.435 e. The van der Waals surface area contributed by atoms with Gasteiger partial charge in [-0.25, -0.2) is 4.98 Å². The quantitative estimate of drug-likeness (QED) is 0.454. The highest BCUT2D eigenvalue weighted by atomic mass is 32.2. The lowest BCUT2D eigenvalue weighted by atomic mass is 10.1. The van der Waals surface area contributed by atoms with Gasteiger partial charge in [0.25, 0.3) is 0 Å². The highest BCUT2D eigenvalue weighted by Gasteiger charge is 2.24. The first-order chi connectivity index (χ1) is 15.4. The smallest absolute Gasteiger partial charge is 0.387 e. The molecule has 1 fully saturated rings. The van der Waals surface area contributed by atoms with Crippen molar-refractivity contribution in [2.75, 3.05) is 25.0 Å². The molecule has 2 N–H and O–H groups in total. The van der Waals surface area contributed by atoms with Gasteiger partial charge in [-0.05, 0) is 35.9 Å². The van der Waals surface area contributed by atoms with Crippen LogP contribution in [0.1, 0.15) is 12.0 Å². The van der Waals surface area contributed by atoms with Crippen LogP contribution in [0.3, 0.4) is 0 Å². The van der Waals surface area contributed by atoms with Gasteiger partial charge in [-0.2, -0.15) is 8.78 Å². The maximum Gasteiger partial charge on any atom is 0.387 e. The van der Waals surface area contributed by atoms with Crippen LogP contribution in [0.5, 0.6) is 5.75 Å². The third-order valence-corrected chi connectivity index (χ3v) is 5.35. The van der Waals surface area contributed by atoms with Crippen LogP contribution in [0, 0.1) is 0 Å². The molecule has 1 aromatic heterocycles. The van der Waals surface area contributed by atoms with Gasteiger partial charge in [-0.1, -0.05) is 18.7 Å². The predicted molar refractivity (Wildman–Crippen MR) is 119 cm³/mol. The normalized spacial score (nSPS) is 16.2. The van der Waals surface area contributed by atoms with E-state index in [0.717, 1.165) is 25.3 Å². The molecule has 9 nitrogen and oxygen atoms in total. The minimum Gasteiger partial charge on any atom is -0.435 e. The molecule has 32 heavy (non-hydrogen) atoms. The molecular weight excluding hydrogens is 440 g/mol. The van der Waals surface area contributed by atoms with Crippen LogP contribution in [0.2, 0.25) is 0 Å². The van der Waals surface area contributed by atoms with Gasteiger partial charge in [0.1, 0.15) is 12.1 Å². The van der Waals surface area contributed by atoms with Crippen LogP contribution in [0.15, 0.2) is 53.4 Å². The van der Waals surface area contributed by atoms with Crippen LogP contribution < -0.4 is 20.3 Å². The maximum atomic E-state index is 12.4. The number of nitrogens with one attached hydrogen (secondary N) is 2. The second-order valence-electron chi connectivity index (χ2n) is 6.85. The van der Waals surface area contributed by atoms with Gasteiger partial charge in [0.05, 0.1) is 17.6 Å². The van der Waals surface area contributed by atoms with Crippen molar-refractivity contribution in [2.24, 2.45) is 4.99 Å². The minimum absolute atomic E-state index is 0.00417. The molecule has 1 aromatic carbocycles. The molecule has 0 bridgehead atoms. The first-order valence-corrected chi connectivity index (χ1v) is 10.6. The highest BCUT2D eigenvalue weighted by Crippen LogP contribution is 2.20. The number of aromatic nitrogens is 3. The Balaban J connectivity index is 1.46. The summed E-state index contributed by atoms with van der Waals surface area (Å²) in [7, 11) is 1.56. The zero-order valence-electron chi connectivity index (χ0n) is 17.4. The maximum absolute atomic E-state index is 12.4. The van der Waals surface area contributed by atoms with E-state index in [4.69, 9.17) is 0 Å². The van der Waals surface area contributed by atoms with Crippen LogP contribution in [-0.2, 0) is 11.2 Å². The van der Waals surface area contributed by atoms with E-state index in [2.05, 4.69) is 47.0 Å². The van der Waals surface area contributed by atoms with Gasteiger partial charge in [-0.15, -0.1) is 10.2 Å². The fourth-order valence-electron chi connectivity index (χ4n) is 3.15. The standard InChI is InChI=1S/C20H23F2N7O2S/c1-13(26-15-6-7-29(11-15)17-10-24-12-25-28-17)32-20(23-2)27-18(30)9-14-4-3-5-16(8-14)31-19(21)22/h3-5,8,10,12,15,19,26H,1,6-7,9,11H2,2H3,(H,23,27,30). The topological polar surface area (TPSA) is 105 Å². The van der Waals surface area contributed by atoms with Crippen molar-refractivity contribution >= 4 is 28.7 Å². The van der Waals surface area contributed by atoms with Gasteiger partial charge in [0.2, 0.25) is 5.91 Å². The number of rotatable bonds is 8. The molecule has 1 aliphatic rings. The minimum atomic E-state index is -2.92. The molecule has 1 atom stereocenters. The van der Waals surface area contributed by atoms with Gasteiger partial charge >= 0.3 is 6.61 Å². The Morgan fingerprint density at radius 1 is 1.47 bits per heavy atom. The molecule has 0 aliphatic carbocycles. The monoisotopic (exact) mass is 463 g/mol. The molecule has 12 heteroatoms. The van der Waals surface area contributed by atoms with E-state index >= 15 is 0 Å². The van der Waals surface area contributed by atoms with Gasteiger partial charge < -0.3 is 20.3 Å². The number of aliphatic imine (C=N–C) groups is 1. The van der Waals surface area contributed by atoms with E-state index in [1.54, 1.807) is 25.4 Å². The second kappa shape index (κ2) is 11.4. The van der Waals surface area contributed by atoms with Crippen molar-refractivity contribution < 1.29 is 18.3 Å². The summed E-state index contributed by atoms with van der Waals surface area (Å²) >= 11 is 1.21. The van der Waals surface area contributed by atoms with Gasteiger partial charge in [-0.3, -0.25) is 9.79 Å². The first-order valence-electron chi connectivity index (χ1n) is 9.74. The first kappa shape index (κ1) is 23.4. The molecule has 0 saturated carbocycles. The number of carbonyl (C=O) groups is 1. The second-order valence-corrected chi connectivity index (χ2v) is 7.93. The van der Waals surface area contributed by atoms with Crippen LogP contribution in [0.25, 0.3) is 0 Å². The molecular formula is C20H23F2N7O2S. The Morgan fingerprint density at radius 2 is 2.31 bits per heavy atom. The summed E-state index contributed by atoms with van der Waals surface area (Å²) in [4.78, 5) is 22.5. The summed E-state index contributed by atoms with van der Waals surface area (Å²) in [6.07, 6.45) is 3.94. The molecule has 1 amide bonds. The number of hydrogen-bond donors (Lipinski definition) is 2. The van der Waals surface area contributed by atoms with Crippen molar-refractivity contribution in [2.45, 2.75) is 25.5 Å². The lowest BCUT2D eigenvalue weighted by Gasteiger charge is -2.18. The zero-order valence-corrected chi connectivity index (χ0v) is 18.2. The molecule has 2 aromatic rings. The fourth-order valence-corrected chi connectivity index (χ4v) is 3.87. The molecule has 170 valence electrons. The van der Waals surface area contributed by atoms with E-state index < -0.39 is 6.61 Å². The number of carbonyl (C=O) groups excluding carboxylic acids is 1. The number of hydrogen-bond acceptors (Lipinski definition) is 9. The zero-order chi connectivity index (χ0) is 22.9. The van der Waals surface area contributed by atoms with Crippen molar-refractivity contribution in [1.82, 2.24) is 25.8 Å². The molecule has 0 radical (unpaired) electrons. The summed E-state index contributed by atoms with van der Waals surface area (Å²) in [5.74, 6) is 0.396. The molecule has 1 saturated heterocycles. The number of amidine groups is 1. The third kappa shape index (κ3) is 7.15. The van der Waals surface area contributed by atoms with Crippen LogP contribution in [0.4, 0.5) is 14.6 Å². The Labute approximate surface area is 188 Å².